The molecular weight excluding hydrogens is 168 g/mol. The molecular formula is C9H14N2O2. The van der Waals surface area contributed by atoms with E-state index in [1.54, 1.807) is 24.3 Å². The lowest BCUT2D eigenvalue weighted by molar-refractivity contribution is 0.210. The van der Waals surface area contributed by atoms with E-state index < -0.39 is 6.09 Å². The van der Waals surface area contributed by atoms with E-state index in [9.17, 15) is 4.79 Å². The number of hydrogen-bond donors (Lipinski definition) is 3. The summed E-state index contributed by atoms with van der Waals surface area (Å²) in [5.74, 6) is 0. The first-order chi connectivity index (χ1) is 6.20. The first kappa shape index (κ1) is 11.4. The molecule has 3 N–H and O–H groups in total. The van der Waals surface area contributed by atoms with Crippen LogP contribution in [0.15, 0.2) is 30.3 Å². The Labute approximate surface area is 77.6 Å². The fraction of sp³-hybridized carbons (Fsp3) is 0.222. The summed E-state index contributed by atoms with van der Waals surface area (Å²) in [7, 11) is 3.75. The maximum absolute atomic E-state index is 10.1. The summed E-state index contributed by atoms with van der Waals surface area (Å²) in [6.45, 7) is 0. The average Bonchev–Trinajstić information content (AvgIpc) is 2.06. The van der Waals surface area contributed by atoms with Crippen molar-refractivity contribution in [3.05, 3.63) is 30.3 Å². The molecule has 0 aliphatic carbocycles. The van der Waals surface area contributed by atoms with Crippen LogP contribution in [0.5, 0.6) is 0 Å². The van der Waals surface area contributed by atoms with Crippen molar-refractivity contribution in [3.63, 3.8) is 0 Å². The summed E-state index contributed by atoms with van der Waals surface area (Å²) < 4.78 is 0. The van der Waals surface area contributed by atoms with Crippen molar-refractivity contribution < 1.29 is 9.90 Å². The van der Waals surface area contributed by atoms with Gasteiger partial charge in [0.15, 0.2) is 0 Å². The van der Waals surface area contributed by atoms with Crippen LogP contribution in [0.1, 0.15) is 0 Å². The van der Waals surface area contributed by atoms with E-state index in [0.717, 1.165) is 0 Å². The Kier molecular flexibility index (Phi) is 6.27. The SMILES string of the molecule is CNC.O=C(O)Nc1ccccc1. The molecule has 0 saturated carbocycles. The molecule has 1 aromatic carbocycles. The van der Waals surface area contributed by atoms with Gasteiger partial charge >= 0.3 is 6.09 Å². The normalized spacial score (nSPS) is 8.15. The van der Waals surface area contributed by atoms with Crippen molar-refractivity contribution in [2.75, 3.05) is 19.4 Å². The van der Waals surface area contributed by atoms with E-state index in [2.05, 4.69) is 10.6 Å². The number of hydrogen-bond acceptors (Lipinski definition) is 2. The van der Waals surface area contributed by atoms with Gasteiger partial charge in [-0.3, -0.25) is 5.32 Å². The Hall–Kier alpha value is -1.55. The third-order valence-electron chi connectivity index (χ3n) is 1.03. The number of anilines is 1. The number of carbonyl (C=O) groups is 1. The standard InChI is InChI=1S/C7H7NO2.C2H7N/c9-7(10)8-6-4-2-1-3-5-6;1-3-2/h1-5,8H,(H,9,10);3H,1-2H3. The second-order valence-corrected chi connectivity index (χ2v) is 2.30. The molecule has 0 radical (unpaired) electrons. The monoisotopic (exact) mass is 182 g/mol. The van der Waals surface area contributed by atoms with E-state index in [0.29, 0.717) is 5.69 Å². The number of para-hydroxylation sites is 1. The first-order valence-corrected chi connectivity index (χ1v) is 3.84. The maximum atomic E-state index is 10.1. The number of rotatable bonds is 1. The highest BCUT2D eigenvalue weighted by Gasteiger charge is 1.92. The quantitative estimate of drug-likeness (QED) is 0.618. The number of amides is 1. The van der Waals surface area contributed by atoms with Gasteiger partial charge in [0.2, 0.25) is 0 Å². The van der Waals surface area contributed by atoms with Crippen molar-refractivity contribution >= 4 is 11.8 Å². The lowest BCUT2D eigenvalue weighted by Gasteiger charge is -1.96. The van der Waals surface area contributed by atoms with Crippen molar-refractivity contribution in [3.8, 4) is 0 Å². The fourth-order valence-corrected chi connectivity index (χ4v) is 0.645. The van der Waals surface area contributed by atoms with Crippen LogP contribution in [0, 0.1) is 0 Å². The summed E-state index contributed by atoms with van der Waals surface area (Å²) in [5, 5.41) is 13.2. The number of carboxylic acid groups (broad SMARTS) is 1. The molecule has 0 aromatic heterocycles. The van der Waals surface area contributed by atoms with Gasteiger partial charge in [-0.05, 0) is 26.2 Å². The summed E-state index contributed by atoms with van der Waals surface area (Å²) in [4.78, 5) is 10.1. The van der Waals surface area contributed by atoms with Crippen molar-refractivity contribution in [1.82, 2.24) is 5.32 Å². The number of benzene rings is 1. The largest absolute Gasteiger partial charge is 0.465 e. The van der Waals surface area contributed by atoms with E-state index in [4.69, 9.17) is 5.11 Å². The topological polar surface area (TPSA) is 61.4 Å². The summed E-state index contributed by atoms with van der Waals surface area (Å²) >= 11 is 0. The third kappa shape index (κ3) is 6.83. The molecule has 0 atom stereocenters. The van der Waals surface area contributed by atoms with Crippen molar-refractivity contribution in [2.24, 2.45) is 0 Å². The van der Waals surface area contributed by atoms with E-state index in [-0.39, 0.29) is 0 Å². The van der Waals surface area contributed by atoms with Gasteiger partial charge in [0.05, 0.1) is 0 Å². The van der Waals surface area contributed by atoms with Crippen molar-refractivity contribution in [2.45, 2.75) is 0 Å². The minimum Gasteiger partial charge on any atom is -0.465 e. The molecule has 4 heteroatoms. The highest BCUT2D eigenvalue weighted by molar-refractivity contribution is 5.82. The molecule has 1 aromatic rings. The summed E-state index contributed by atoms with van der Waals surface area (Å²) in [5.41, 5.74) is 0.593. The van der Waals surface area contributed by atoms with Gasteiger partial charge < -0.3 is 10.4 Å². The van der Waals surface area contributed by atoms with E-state index >= 15 is 0 Å². The summed E-state index contributed by atoms with van der Waals surface area (Å²) in [6.07, 6.45) is -1.04. The molecule has 1 rings (SSSR count). The van der Waals surface area contributed by atoms with Crippen molar-refractivity contribution in [1.29, 1.82) is 0 Å². The van der Waals surface area contributed by atoms with Gasteiger partial charge in [0, 0.05) is 5.69 Å². The van der Waals surface area contributed by atoms with Gasteiger partial charge in [0.25, 0.3) is 0 Å². The number of nitrogens with one attached hydrogen (secondary N) is 2. The Morgan fingerprint density at radius 3 is 2.08 bits per heavy atom. The second kappa shape index (κ2) is 7.12. The van der Waals surface area contributed by atoms with E-state index in [1.165, 1.54) is 0 Å². The molecule has 0 heterocycles. The van der Waals surface area contributed by atoms with Crippen LogP contribution in [-0.2, 0) is 0 Å². The molecule has 0 fully saturated rings. The molecule has 0 unspecified atom stereocenters. The molecule has 1 amide bonds. The Bertz CT molecular complexity index is 237. The second-order valence-electron chi connectivity index (χ2n) is 2.30. The zero-order chi connectivity index (χ0) is 10.1. The molecule has 72 valence electrons. The predicted octanol–water partition coefficient (Wildman–Crippen LogP) is 1.61. The Balaban J connectivity index is 0.000000424. The van der Waals surface area contributed by atoms with Crippen LogP contribution in [0.2, 0.25) is 0 Å². The van der Waals surface area contributed by atoms with Crippen LogP contribution in [0.4, 0.5) is 10.5 Å². The molecule has 13 heavy (non-hydrogen) atoms. The molecule has 0 bridgehead atoms. The maximum Gasteiger partial charge on any atom is 0.409 e. The van der Waals surface area contributed by atoms with Gasteiger partial charge in [-0.25, -0.2) is 4.79 Å². The fourth-order valence-electron chi connectivity index (χ4n) is 0.645. The zero-order valence-electron chi connectivity index (χ0n) is 7.74. The van der Waals surface area contributed by atoms with Crippen LogP contribution in [0.25, 0.3) is 0 Å². The lowest BCUT2D eigenvalue weighted by Crippen LogP contribution is -2.06. The zero-order valence-corrected chi connectivity index (χ0v) is 7.74. The molecule has 0 spiro atoms. The molecule has 4 nitrogen and oxygen atoms in total. The van der Waals surface area contributed by atoms with Crippen LogP contribution in [-0.4, -0.2) is 25.3 Å². The van der Waals surface area contributed by atoms with Gasteiger partial charge in [-0.1, -0.05) is 18.2 Å². The Morgan fingerprint density at radius 2 is 1.69 bits per heavy atom. The highest BCUT2D eigenvalue weighted by atomic mass is 16.4. The molecule has 0 aliphatic rings. The van der Waals surface area contributed by atoms with Crippen LogP contribution >= 0.6 is 0 Å². The predicted molar refractivity (Wildman–Crippen MR) is 53.1 cm³/mol. The van der Waals surface area contributed by atoms with Gasteiger partial charge in [-0.2, -0.15) is 0 Å². The minimum atomic E-state index is -1.04. The van der Waals surface area contributed by atoms with Crippen LogP contribution in [0.3, 0.4) is 0 Å². The first-order valence-electron chi connectivity index (χ1n) is 3.84. The minimum absolute atomic E-state index is 0.593. The van der Waals surface area contributed by atoms with Gasteiger partial charge in [0.1, 0.15) is 0 Å². The van der Waals surface area contributed by atoms with Gasteiger partial charge in [-0.15, -0.1) is 0 Å². The van der Waals surface area contributed by atoms with Crippen LogP contribution < -0.4 is 10.6 Å². The molecule has 0 saturated heterocycles. The molecule has 0 aliphatic heterocycles. The highest BCUT2D eigenvalue weighted by Crippen LogP contribution is 2.03. The van der Waals surface area contributed by atoms with E-state index in [1.807, 2.05) is 20.2 Å². The average molecular weight is 182 g/mol. The lowest BCUT2D eigenvalue weighted by atomic mass is 10.3. The smallest absolute Gasteiger partial charge is 0.409 e. The Morgan fingerprint density at radius 1 is 1.23 bits per heavy atom. The summed E-state index contributed by atoms with van der Waals surface area (Å²) in [6, 6.07) is 8.74. The third-order valence-corrected chi connectivity index (χ3v) is 1.03.